The fraction of sp³-hybridized carbons (Fsp3) is 0.444. The van der Waals surface area contributed by atoms with Crippen molar-refractivity contribution in [3.8, 4) is 6.07 Å². The molecule has 7 nitrogen and oxygen atoms in total. The van der Waals surface area contributed by atoms with Crippen LogP contribution in [0.25, 0.3) is 0 Å². The topological polar surface area (TPSA) is 119 Å². The van der Waals surface area contributed by atoms with Gasteiger partial charge in [-0.3, -0.25) is 9.59 Å². The van der Waals surface area contributed by atoms with Crippen LogP contribution in [0.4, 0.5) is 0 Å². The first-order valence-corrected chi connectivity index (χ1v) is 8.02. The molecule has 0 spiro atoms. The van der Waals surface area contributed by atoms with Crippen molar-refractivity contribution in [2.75, 3.05) is 0 Å². The number of nitriles is 1. The van der Waals surface area contributed by atoms with Crippen LogP contribution < -0.4 is 10.6 Å². The number of carboxylic acid groups (broad SMARTS) is 1. The molecule has 7 heteroatoms. The molecule has 1 rings (SSSR count). The van der Waals surface area contributed by atoms with E-state index >= 15 is 0 Å². The molecule has 0 heterocycles. The van der Waals surface area contributed by atoms with Crippen molar-refractivity contribution in [3.05, 3.63) is 35.4 Å². The minimum absolute atomic E-state index is 0.0146. The van der Waals surface area contributed by atoms with Crippen molar-refractivity contribution in [1.29, 1.82) is 5.26 Å². The highest BCUT2D eigenvalue weighted by Crippen LogP contribution is 2.11. The van der Waals surface area contributed by atoms with Gasteiger partial charge in [-0.25, -0.2) is 4.79 Å². The summed E-state index contributed by atoms with van der Waals surface area (Å²) in [7, 11) is 0. The second-order valence-corrected chi connectivity index (χ2v) is 6.26. The van der Waals surface area contributed by atoms with Crippen LogP contribution in [0.2, 0.25) is 0 Å². The van der Waals surface area contributed by atoms with Crippen LogP contribution in [0.5, 0.6) is 0 Å². The molecule has 1 aromatic carbocycles. The third-order valence-electron chi connectivity index (χ3n) is 3.58. The van der Waals surface area contributed by atoms with Gasteiger partial charge in [-0.15, -0.1) is 0 Å². The zero-order valence-electron chi connectivity index (χ0n) is 14.6. The average molecular weight is 345 g/mol. The maximum Gasteiger partial charge on any atom is 0.326 e. The SMILES string of the molecule is CC(=O)N[C@@H](CC(C)C)C(=O)N[C@H](Cc1ccccc1C#N)C(=O)O. The van der Waals surface area contributed by atoms with Gasteiger partial charge in [0.05, 0.1) is 11.6 Å². The van der Waals surface area contributed by atoms with E-state index in [0.717, 1.165) is 0 Å². The van der Waals surface area contributed by atoms with Crippen molar-refractivity contribution in [3.63, 3.8) is 0 Å². The Kier molecular flexibility index (Phi) is 7.60. The Morgan fingerprint density at radius 2 is 1.80 bits per heavy atom. The zero-order chi connectivity index (χ0) is 19.0. The van der Waals surface area contributed by atoms with Crippen molar-refractivity contribution < 1.29 is 19.5 Å². The summed E-state index contributed by atoms with van der Waals surface area (Å²) >= 11 is 0. The third-order valence-corrected chi connectivity index (χ3v) is 3.58. The summed E-state index contributed by atoms with van der Waals surface area (Å²) in [5, 5.41) is 23.5. The van der Waals surface area contributed by atoms with Crippen molar-refractivity contribution in [2.24, 2.45) is 5.92 Å². The number of aliphatic carboxylic acids is 1. The Bertz CT molecular complexity index is 679. The van der Waals surface area contributed by atoms with Gasteiger partial charge >= 0.3 is 5.97 Å². The molecule has 2 amide bonds. The maximum absolute atomic E-state index is 12.4. The lowest BCUT2D eigenvalue weighted by Gasteiger charge is -2.22. The molecule has 2 atom stereocenters. The summed E-state index contributed by atoms with van der Waals surface area (Å²) in [6.45, 7) is 5.11. The summed E-state index contributed by atoms with van der Waals surface area (Å²) in [5.74, 6) is -1.97. The molecule has 0 aliphatic heterocycles. The number of benzene rings is 1. The monoisotopic (exact) mass is 345 g/mol. The Balaban J connectivity index is 2.92. The molecule has 0 saturated carbocycles. The van der Waals surface area contributed by atoms with Crippen molar-refractivity contribution in [1.82, 2.24) is 10.6 Å². The van der Waals surface area contributed by atoms with Gasteiger partial charge in [0.25, 0.3) is 0 Å². The minimum atomic E-state index is -1.20. The normalized spacial score (nSPS) is 12.8. The van der Waals surface area contributed by atoms with E-state index < -0.39 is 24.0 Å². The third kappa shape index (κ3) is 6.63. The van der Waals surface area contributed by atoms with E-state index in [4.69, 9.17) is 5.26 Å². The zero-order valence-corrected chi connectivity index (χ0v) is 14.6. The lowest BCUT2D eigenvalue weighted by Crippen LogP contribution is -2.52. The van der Waals surface area contributed by atoms with Crippen LogP contribution in [0.1, 0.15) is 38.3 Å². The predicted octanol–water partition coefficient (Wildman–Crippen LogP) is 1.22. The molecule has 0 radical (unpaired) electrons. The molecule has 0 unspecified atom stereocenters. The molecule has 0 aliphatic rings. The summed E-state index contributed by atoms with van der Waals surface area (Å²) in [4.78, 5) is 35.2. The molecule has 0 aromatic heterocycles. The second-order valence-electron chi connectivity index (χ2n) is 6.26. The second kappa shape index (κ2) is 9.42. The first-order valence-electron chi connectivity index (χ1n) is 8.02. The smallest absolute Gasteiger partial charge is 0.326 e. The fourth-order valence-electron chi connectivity index (χ4n) is 2.45. The van der Waals surface area contributed by atoms with Crippen LogP contribution in [-0.2, 0) is 20.8 Å². The highest BCUT2D eigenvalue weighted by atomic mass is 16.4. The number of carbonyl (C=O) groups excluding carboxylic acids is 2. The van der Waals surface area contributed by atoms with E-state index in [2.05, 4.69) is 10.6 Å². The predicted molar refractivity (Wildman–Crippen MR) is 91.5 cm³/mol. The van der Waals surface area contributed by atoms with Gasteiger partial charge in [0, 0.05) is 13.3 Å². The molecule has 0 fully saturated rings. The average Bonchev–Trinajstić information content (AvgIpc) is 2.52. The minimum Gasteiger partial charge on any atom is -0.480 e. The molecular formula is C18H23N3O4. The van der Waals surface area contributed by atoms with Crippen LogP contribution in [-0.4, -0.2) is 35.0 Å². The van der Waals surface area contributed by atoms with E-state index in [-0.39, 0.29) is 18.2 Å². The lowest BCUT2D eigenvalue weighted by molar-refractivity contribution is -0.142. The summed E-state index contributed by atoms with van der Waals surface area (Å²) in [6, 6.07) is 6.65. The van der Waals surface area contributed by atoms with Gasteiger partial charge in [-0.05, 0) is 24.0 Å². The number of hydrogen-bond acceptors (Lipinski definition) is 4. The Hall–Kier alpha value is -2.88. The molecule has 25 heavy (non-hydrogen) atoms. The first-order chi connectivity index (χ1) is 11.7. The number of amides is 2. The van der Waals surface area contributed by atoms with Gasteiger partial charge < -0.3 is 15.7 Å². The van der Waals surface area contributed by atoms with E-state index in [9.17, 15) is 19.5 Å². The standard InChI is InChI=1S/C18H23N3O4/c1-11(2)8-15(20-12(3)22)17(23)21-16(18(24)25)9-13-6-4-5-7-14(13)10-19/h4-7,11,15-16H,8-9H2,1-3H3,(H,20,22)(H,21,23)(H,24,25)/t15-,16+/m0/s1. The largest absolute Gasteiger partial charge is 0.480 e. The highest BCUT2D eigenvalue weighted by Gasteiger charge is 2.27. The van der Waals surface area contributed by atoms with E-state index in [1.54, 1.807) is 24.3 Å². The van der Waals surface area contributed by atoms with Gasteiger partial charge in [0.15, 0.2) is 0 Å². The fourth-order valence-corrected chi connectivity index (χ4v) is 2.45. The molecular weight excluding hydrogens is 322 g/mol. The molecule has 0 bridgehead atoms. The van der Waals surface area contributed by atoms with Crippen LogP contribution >= 0.6 is 0 Å². The van der Waals surface area contributed by atoms with Crippen molar-refractivity contribution >= 4 is 17.8 Å². The maximum atomic E-state index is 12.4. The Morgan fingerprint density at radius 1 is 1.16 bits per heavy atom. The lowest BCUT2D eigenvalue weighted by atomic mass is 9.99. The van der Waals surface area contributed by atoms with Crippen LogP contribution in [0, 0.1) is 17.2 Å². The number of nitrogens with zero attached hydrogens (tertiary/aromatic N) is 1. The molecule has 1 aromatic rings. The Labute approximate surface area is 147 Å². The molecule has 3 N–H and O–H groups in total. The van der Waals surface area contributed by atoms with Crippen LogP contribution in [0.15, 0.2) is 24.3 Å². The molecule has 134 valence electrons. The Morgan fingerprint density at radius 3 is 2.32 bits per heavy atom. The quantitative estimate of drug-likeness (QED) is 0.654. The van der Waals surface area contributed by atoms with Crippen LogP contribution in [0.3, 0.4) is 0 Å². The highest BCUT2D eigenvalue weighted by molar-refractivity contribution is 5.90. The number of rotatable bonds is 8. The van der Waals surface area contributed by atoms with E-state index in [1.165, 1.54) is 6.92 Å². The number of carbonyl (C=O) groups is 3. The van der Waals surface area contributed by atoms with Gasteiger partial charge in [-0.2, -0.15) is 5.26 Å². The summed E-state index contributed by atoms with van der Waals surface area (Å²) in [6.07, 6.45) is 0.381. The number of hydrogen-bond donors (Lipinski definition) is 3. The molecule has 0 aliphatic carbocycles. The van der Waals surface area contributed by atoms with Gasteiger partial charge in [0.2, 0.25) is 11.8 Å². The first kappa shape index (κ1) is 20.2. The van der Waals surface area contributed by atoms with Gasteiger partial charge in [0.1, 0.15) is 12.1 Å². The van der Waals surface area contributed by atoms with E-state index in [0.29, 0.717) is 17.5 Å². The number of carboxylic acids is 1. The summed E-state index contributed by atoms with van der Waals surface area (Å²) < 4.78 is 0. The van der Waals surface area contributed by atoms with Gasteiger partial charge in [-0.1, -0.05) is 32.0 Å². The summed E-state index contributed by atoms with van der Waals surface area (Å²) in [5.41, 5.74) is 0.904. The van der Waals surface area contributed by atoms with E-state index in [1.807, 2.05) is 19.9 Å². The number of nitrogens with one attached hydrogen (secondary N) is 2. The molecule has 0 saturated heterocycles. The van der Waals surface area contributed by atoms with Crippen molar-refractivity contribution in [2.45, 2.75) is 45.7 Å².